The molecule has 0 radical (unpaired) electrons. The Balaban J connectivity index is 1.78. The van der Waals surface area contributed by atoms with Gasteiger partial charge in [-0.1, -0.05) is 51.1 Å². The van der Waals surface area contributed by atoms with E-state index in [0.717, 1.165) is 38.6 Å². The first-order chi connectivity index (χ1) is 13.4. The van der Waals surface area contributed by atoms with Crippen LogP contribution in [0.25, 0.3) is 0 Å². The summed E-state index contributed by atoms with van der Waals surface area (Å²) in [4.78, 5) is 16.3. The summed E-state index contributed by atoms with van der Waals surface area (Å²) in [7, 11) is 1.86. The molecule has 1 aromatic rings. The lowest BCUT2D eigenvalue weighted by atomic mass is 9.56. The lowest BCUT2D eigenvalue weighted by molar-refractivity contribution is -0.146. The second-order valence-electron chi connectivity index (χ2n) is 10.2. The van der Waals surface area contributed by atoms with E-state index in [-0.39, 0.29) is 11.3 Å². The van der Waals surface area contributed by atoms with E-state index >= 15 is 0 Å². The number of carbonyl (C=O) groups is 1. The highest BCUT2D eigenvalue weighted by atomic mass is 16.5. The average molecular weight is 384 g/mol. The average Bonchev–Trinajstić information content (AvgIpc) is 2.68. The van der Waals surface area contributed by atoms with Crippen LogP contribution in [0.4, 0.5) is 0 Å². The standard InChI is InChI=1S/C25H37NO2/c1-5-13-26-20-14-18(28-4)11-12-19(20)23(17-9-7-6-8-10-17)24-21(26)15-25(2,3)16-22(24)27/h6-10,18-21,23-24H,5,11-16H2,1-4H3. The topological polar surface area (TPSA) is 29.5 Å². The molecule has 0 bridgehead atoms. The van der Waals surface area contributed by atoms with Crippen LogP contribution in [0.5, 0.6) is 0 Å². The van der Waals surface area contributed by atoms with Crippen molar-refractivity contribution in [3.05, 3.63) is 35.9 Å². The lowest BCUT2D eigenvalue weighted by Gasteiger charge is -2.59. The summed E-state index contributed by atoms with van der Waals surface area (Å²) in [5.74, 6) is 1.59. The van der Waals surface area contributed by atoms with Crippen LogP contribution >= 0.6 is 0 Å². The van der Waals surface area contributed by atoms with Gasteiger partial charge in [0.25, 0.3) is 0 Å². The molecule has 3 nitrogen and oxygen atoms in total. The number of piperidine rings is 1. The number of hydrogen-bond acceptors (Lipinski definition) is 3. The molecular formula is C25H37NO2. The van der Waals surface area contributed by atoms with Crippen molar-refractivity contribution in [2.75, 3.05) is 13.7 Å². The number of benzene rings is 1. The first-order valence-electron chi connectivity index (χ1n) is 11.3. The molecule has 0 aromatic heterocycles. The largest absolute Gasteiger partial charge is 0.381 e. The van der Waals surface area contributed by atoms with Gasteiger partial charge < -0.3 is 4.74 Å². The number of ether oxygens (including phenoxy) is 1. The number of fused-ring (bicyclic) bond motifs is 2. The monoisotopic (exact) mass is 383 g/mol. The fourth-order valence-electron chi connectivity index (χ4n) is 6.71. The highest BCUT2D eigenvalue weighted by Gasteiger charge is 2.56. The van der Waals surface area contributed by atoms with E-state index in [2.05, 4.69) is 56.0 Å². The minimum atomic E-state index is 0.105. The van der Waals surface area contributed by atoms with Crippen molar-refractivity contribution in [3.8, 4) is 0 Å². The molecule has 1 aliphatic heterocycles. The number of carbonyl (C=O) groups excluding carboxylic acids is 1. The fraction of sp³-hybridized carbons (Fsp3) is 0.720. The molecule has 1 heterocycles. The van der Waals surface area contributed by atoms with Crippen LogP contribution in [-0.4, -0.2) is 42.5 Å². The zero-order valence-corrected chi connectivity index (χ0v) is 18.1. The zero-order valence-electron chi connectivity index (χ0n) is 18.1. The maximum atomic E-state index is 13.5. The normalized spacial score (nSPS) is 37.9. The number of rotatable bonds is 4. The molecule has 6 unspecified atom stereocenters. The number of ketones is 1. The SMILES string of the molecule is CCCN1C2CC(OC)CCC2C(c2ccccc2)C2C(=O)CC(C)(C)CC21. The maximum Gasteiger partial charge on any atom is 0.138 e. The Morgan fingerprint density at radius 2 is 1.86 bits per heavy atom. The molecule has 154 valence electrons. The molecule has 2 aliphatic carbocycles. The predicted octanol–water partition coefficient (Wildman–Crippen LogP) is 5.05. The third kappa shape index (κ3) is 3.57. The Kier molecular flexibility index (Phi) is 5.68. The molecule has 3 fully saturated rings. The van der Waals surface area contributed by atoms with E-state index in [1.807, 2.05) is 7.11 Å². The maximum absolute atomic E-state index is 13.5. The van der Waals surface area contributed by atoms with Gasteiger partial charge in [-0.15, -0.1) is 0 Å². The van der Waals surface area contributed by atoms with Gasteiger partial charge >= 0.3 is 0 Å². The minimum absolute atomic E-state index is 0.105. The van der Waals surface area contributed by atoms with Crippen molar-refractivity contribution in [1.82, 2.24) is 4.90 Å². The Bertz CT molecular complexity index is 685. The summed E-state index contributed by atoms with van der Waals surface area (Å²) in [6.07, 6.45) is 6.78. The van der Waals surface area contributed by atoms with Crippen molar-refractivity contribution < 1.29 is 9.53 Å². The zero-order chi connectivity index (χ0) is 19.9. The Hall–Kier alpha value is -1.19. The molecule has 2 saturated carbocycles. The molecule has 0 amide bonds. The van der Waals surface area contributed by atoms with Crippen LogP contribution in [0.3, 0.4) is 0 Å². The Morgan fingerprint density at radius 3 is 2.54 bits per heavy atom. The van der Waals surface area contributed by atoms with Crippen LogP contribution in [-0.2, 0) is 9.53 Å². The number of likely N-dealkylation sites (tertiary alicyclic amines) is 1. The predicted molar refractivity (Wildman–Crippen MR) is 113 cm³/mol. The first kappa shape index (κ1) is 20.1. The van der Waals surface area contributed by atoms with E-state index in [1.54, 1.807) is 0 Å². The molecular weight excluding hydrogens is 346 g/mol. The second kappa shape index (κ2) is 7.91. The van der Waals surface area contributed by atoms with Gasteiger partial charge in [-0.2, -0.15) is 0 Å². The van der Waals surface area contributed by atoms with Gasteiger partial charge in [-0.3, -0.25) is 9.69 Å². The van der Waals surface area contributed by atoms with E-state index in [1.165, 1.54) is 12.0 Å². The second-order valence-corrected chi connectivity index (χ2v) is 10.2. The fourth-order valence-corrected chi connectivity index (χ4v) is 6.71. The summed E-state index contributed by atoms with van der Waals surface area (Å²) >= 11 is 0. The quantitative estimate of drug-likeness (QED) is 0.728. The van der Waals surface area contributed by atoms with Gasteiger partial charge in [0.15, 0.2) is 0 Å². The third-order valence-electron chi connectivity index (χ3n) is 7.72. The highest BCUT2D eigenvalue weighted by molar-refractivity contribution is 5.84. The molecule has 1 saturated heterocycles. The molecule has 6 atom stereocenters. The molecule has 3 heteroatoms. The molecule has 0 spiro atoms. The third-order valence-corrected chi connectivity index (χ3v) is 7.72. The smallest absolute Gasteiger partial charge is 0.138 e. The highest BCUT2D eigenvalue weighted by Crippen LogP contribution is 2.54. The van der Waals surface area contributed by atoms with Gasteiger partial charge in [0.1, 0.15) is 5.78 Å². The first-order valence-corrected chi connectivity index (χ1v) is 11.3. The van der Waals surface area contributed by atoms with Gasteiger partial charge in [-0.05, 0) is 61.5 Å². The van der Waals surface area contributed by atoms with E-state index in [9.17, 15) is 4.79 Å². The number of methoxy groups -OCH3 is 1. The summed E-state index contributed by atoms with van der Waals surface area (Å²) in [6, 6.07) is 11.8. The Labute approximate surface area is 170 Å². The van der Waals surface area contributed by atoms with E-state index < -0.39 is 0 Å². The van der Waals surface area contributed by atoms with Crippen LogP contribution in [0, 0.1) is 17.3 Å². The van der Waals surface area contributed by atoms with Gasteiger partial charge in [0, 0.05) is 31.5 Å². The van der Waals surface area contributed by atoms with Gasteiger partial charge in [-0.25, -0.2) is 0 Å². The number of Topliss-reactive ketones (excluding diaryl/α,β-unsaturated/α-hetero) is 1. The molecule has 0 N–H and O–H groups in total. The number of nitrogens with zero attached hydrogens (tertiary/aromatic N) is 1. The molecule has 4 rings (SSSR count). The molecule has 1 aromatic carbocycles. The van der Waals surface area contributed by atoms with Crippen molar-refractivity contribution >= 4 is 5.78 Å². The summed E-state index contributed by atoms with van der Waals surface area (Å²) in [5, 5.41) is 0. The Morgan fingerprint density at radius 1 is 1.11 bits per heavy atom. The van der Waals surface area contributed by atoms with Crippen molar-refractivity contribution in [2.45, 2.75) is 83.4 Å². The van der Waals surface area contributed by atoms with E-state index in [0.29, 0.717) is 35.8 Å². The lowest BCUT2D eigenvalue weighted by Crippen LogP contribution is -2.64. The van der Waals surface area contributed by atoms with Crippen molar-refractivity contribution in [2.24, 2.45) is 17.3 Å². The minimum Gasteiger partial charge on any atom is -0.381 e. The van der Waals surface area contributed by atoms with Crippen molar-refractivity contribution in [3.63, 3.8) is 0 Å². The van der Waals surface area contributed by atoms with Crippen molar-refractivity contribution in [1.29, 1.82) is 0 Å². The molecule has 3 aliphatic rings. The van der Waals surface area contributed by atoms with Crippen LogP contribution < -0.4 is 0 Å². The van der Waals surface area contributed by atoms with Gasteiger partial charge in [0.05, 0.1) is 6.10 Å². The van der Waals surface area contributed by atoms with Crippen LogP contribution in [0.2, 0.25) is 0 Å². The van der Waals surface area contributed by atoms with Crippen LogP contribution in [0.15, 0.2) is 30.3 Å². The summed E-state index contributed by atoms with van der Waals surface area (Å²) in [5.41, 5.74) is 1.49. The number of hydrogen-bond donors (Lipinski definition) is 0. The summed E-state index contributed by atoms with van der Waals surface area (Å²) < 4.78 is 5.81. The van der Waals surface area contributed by atoms with E-state index in [4.69, 9.17) is 4.74 Å². The van der Waals surface area contributed by atoms with Gasteiger partial charge in [0.2, 0.25) is 0 Å². The van der Waals surface area contributed by atoms with Crippen LogP contribution in [0.1, 0.15) is 70.8 Å². The molecule has 28 heavy (non-hydrogen) atoms. The summed E-state index contributed by atoms with van der Waals surface area (Å²) in [6.45, 7) is 7.95.